The molecular weight excluding hydrogens is 312 g/mol. The maximum absolute atomic E-state index is 6.23. The molecule has 134 valence electrons. The van der Waals surface area contributed by atoms with Crippen molar-refractivity contribution in [2.24, 2.45) is 0 Å². The Labute approximate surface area is 150 Å². The average Bonchev–Trinajstić information content (AvgIpc) is 2.60. The van der Waals surface area contributed by atoms with Crippen LogP contribution in [0.2, 0.25) is 0 Å². The Kier molecular flexibility index (Phi) is 6.04. The van der Waals surface area contributed by atoms with Crippen molar-refractivity contribution in [3.63, 3.8) is 0 Å². The first-order valence-electron chi connectivity index (χ1n) is 9.29. The highest BCUT2D eigenvalue weighted by Crippen LogP contribution is 2.35. The van der Waals surface area contributed by atoms with Crippen LogP contribution < -0.4 is 20.9 Å². The number of nitrogens with two attached hydrogens (primary N) is 2. The molecule has 4 bridgehead atoms. The van der Waals surface area contributed by atoms with Crippen molar-refractivity contribution in [3.8, 4) is 22.6 Å². The third kappa shape index (κ3) is 4.81. The van der Waals surface area contributed by atoms with Crippen LogP contribution >= 0.6 is 0 Å². The number of rotatable bonds is 0. The van der Waals surface area contributed by atoms with Gasteiger partial charge in [0, 0.05) is 34.6 Å². The van der Waals surface area contributed by atoms with Gasteiger partial charge in [-0.3, -0.25) is 0 Å². The zero-order valence-electron chi connectivity index (χ0n) is 14.8. The molecule has 4 N–H and O–H groups in total. The summed E-state index contributed by atoms with van der Waals surface area (Å²) in [6.45, 7) is 1.48. The van der Waals surface area contributed by atoms with Gasteiger partial charge in [0.1, 0.15) is 11.5 Å². The maximum Gasteiger partial charge on any atom is 0.121 e. The third-order valence-electron chi connectivity index (χ3n) is 4.66. The standard InChI is InChI=1S/C21H28N2O2/c22-20-14-16-8-10-18(20)19-11-9-17(15-21(19)23)25-13-7-5-3-1-2-4-6-12-24-16/h8-11,14-15H,1-7,12-13,22-23H2. The van der Waals surface area contributed by atoms with Crippen LogP contribution in [0, 0.1) is 0 Å². The molecule has 5 rings (SSSR count). The molecule has 2 aromatic carbocycles. The Hall–Kier alpha value is -2.36. The van der Waals surface area contributed by atoms with Crippen molar-refractivity contribution < 1.29 is 9.47 Å². The molecule has 2 aromatic rings. The van der Waals surface area contributed by atoms with Crippen molar-refractivity contribution in [2.75, 3.05) is 24.7 Å². The molecule has 0 radical (unpaired) electrons. The Balaban J connectivity index is 1.82. The van der Waals surface area contributed by atoms with E-state index < -0.39 is 0 Å². The normalized spacial score (nSPS) is 16.3. The van der Waals surface area contributed by atoms with Crippen LogP contribution in [0.4, 0.5) is 11.4 Å². The van der Waals surface area contributed by atoms with Crippen LogP contribution in [-0.2, 0) is 0 Å². The molecular formula is C21H28N2O2. The van der Waals surface area contributed by atoms with Crippen LogP contribution in [-0.4, -0.2) is 13.2 Å². The van der Waals surface area contributed by atoms with Crippen molar-refractivity contribution in [1.29, 1.82) is 0 Å². The van der Waals surface area contributed by atoms with Crippen LogP contribution in [0.25, 0.3) is 11.1 Å². The minimum Gasteiger partial charge on any atom is -0.494 e. The van der Waals surface area contributed by atoms with Crippen molar-refractivity contribution >= 4 is 11.4 Å². The highest BCUT2D eigenvalue weighted by Gasteiger charge is 2.09. The highest BCUT2D eigenvalue weighted by molar-refractivity contribution is 5.85. The topological polar surface area (TPSA) is 70.5 Å². The number of benzene rings is 2. The quantitative estimate of drug-likeness (QED) is 0.661. The van der Waals surface area contributed by atoms with Gasteiger partial charge >= 0.3 is 0 Å². The first kappa shape index (κ1) is 17.5. The maximum atomic E-state index is 6.23. The second kappa shape index (κ2) is 8.65. The summed E-state index contributed by atoms with van der Waals surface area (Å²) in [5, 5.41) is 0. The molecule has 0 unspecified atom stereocenters. The lowest BCUT2D eigenvalue weighted by Gasteiger charge is -2.13. The van der Waals surface area contributed by atoms with E-state index in [4.69, 9.17) is 20.9 Å². The molecule has 4 heteroatoms. The lowest BCUT2D eigenvalue weighted by atomic mass is 10.0. The molecule has 25 heavy (non-hydrogen) atoms. The summed E-state index contributed by atoms with van der Waals surface area (Å²) in [6.07, 6.45) is 8.40. The van der Waals surface area contributed by atoms with Crippen LogP contribution in [0.5, 0.6) is 11.5 Å². The van der Waals surface area contributed by atoms with Gasteiger partial charge < -0.3 is 20.9 Å². The van der Waals surface area contributed by atoms with Gasteiger partial charge in [-0.2, -0.15) is 0 Å². The van der Waals surface area contributed by atoms with E-state index in [9.17, 15) is 0 Å². The fourth-order valence-corrected chi connectivity index (χ4v) is 3.22. The molecule has 4 nitrogen and oxygen atoms in total. The van der Waals surface area contributed by atoms with Gasteiger partial charge in [-0.1, -0.05) is 32.1 Å². The number of ether oxygens (including phenoxy) is 2. The molecule has 3 aliphatic heterocycles. The van der Waals surface area contributed by atoms with E-state index in [-0.39, 0.29) is 0 Å². The molecule has 0 saturated heterocycles. The van der Waals surface area contributed by atoms with Gasteiger partial charge in [0.2, 0.25) is 0 Å². The molecule has 0 aliphatic carbocycles. The Morgan fingerprint density at radius 3 is 1.36 bits per heavy atom. The largest absolute Gasteiger partial charge is 0.494 e. The third-order valence-corrected chi connectivity index (χ3v) is 4.66. The number of fused-ring (bicyclic) bond motifs is 2. The average molecular weight is 340 g/mol. The van der Waals surface area contributed by atoms with Gasteiger partial charge in [-0.05, 0) is 37.1 Å². The first-order chi connectivity index (χ1) is 12.2. The lowest BCUT2D eigenvalue weighted by molar-refractivity contribution is 0.300. The summed E-state index contributed by atoms with van der Waals surface area (Å²) < 4.78 is 11.7. The van der Waals surface area contributed by atoms with E-state index in [1.54, 1.807) is 0 Å². The minimum absolute atomic E-state index is 0.677. The zero-order valence-corrected chi connectivity index (χ0v) is 14.8. The Morgan fingerprint density at radius 2 is 0.960 bits per heavy atom. The van der Waals surface area contributed by atoms with Crippen LogP contribution in [0.1, 0.15) is 44.9 Å². The van der Waals surface area contributed by atoms with E-state index in [0.29, 0.717) is 11.4 Å². The smallest absolute Gasteiger partial charge is 0.121 e. The molecule has 0 fully saturated rings. The van der Waals surface area contributed by atoms with Gasteiger partial charge in [-0.25, -0.2) is 0 Å². The van der Waals surface area contributed by atoms with Crippen molar-refractivity contribution in [2.45, 2.75) is 44.9 Å². The summed E-state index contributed by atoms with van der Waals surface area (Å²) in [7, 11) is 0. The van der Waals surface area contributed by atoms with Crippen LogP contribution in [0.15, 0.2) is 36.4 Å². The van der Waals surface area contributed by atoms with E-state index in [1.807, 2.05) is 36.4 Å². The van der Waals surface area contributed by atoms with Crippen molar-refractivity contribution in [1.82, 2.24) is 0 Å². The minimum atomic E-state index is 0.677. The van der Waals surface area contributed by atoms with Gasteiger partial charge in [-0.15, -0.1) is 0 Å². The SMILES string of the molecule is Nc1cc2ccc1-c1ccc(cc1N)OCCCCCCCCCO2. The van der Waals surface area contributed by atoms with E-state index in [1.165, 1.54) is 32.1 Å². The summed E-state index contributed by atoms with van der Waals surface area (Å²) in [5.41, 5.74) is 15.7. The highest BCUT2D eigenvalue weighted by atomic mass is 16.5. The molecule has 0 spiro atoms. The first-order valence-corrected chi connectivity index (χ1v) is 9.29. The number of nitrogen functional groups attached to an aromatic ring is 2. The summed E-state index contributed by atoms with van der Waals surface area (Å²) >= 11 is 0. The van der Waals surface area contributed by atoms with Gasteiger partial charge in [0.15, 0.2) is 0 Å². The molecule has 0 amide bonds. The van der Waals surface area contributed by atoms with E-state index in [2.05, 4.69) is 0 Å². The predicted molar refractivity (Wildman–Crippen MR) is 104 cm³/mol. The fraction of sp³-hybridized carbons (Fsp3) is 0.429. The molecule has 0 aromatic heterocycles. The second-order valence-electron chi connectivity index (χ2n) is 6.67. The summed E-state index contributed by atoms with van der Waals surface area (Å²) in [5.74, 6) is 1.63. The molecule has 0 saturated carbocycles. The number of anilines is 2. The molecule has 3 heterocycles. The monoisotopic (exact) mass is 340 g/mol. The van der Waals surface area contributed by atoms with Crippen LogP contribution in [0.3, 0.4) is 0 Å². The van der Waals surface area contributed by atoms with E-state index >= 15 is 0 Å². The number of hydrogen-bond donors (Lipinski definition) is 2. The summed E-state index contributed by atoms with van der Waals surface area (Å²) in [4.78, 5) is 0. The summed E-state index contributed by atoms with van der Waals surface area (Å²) in [6, 6.07) is 11.6. The lowest BCUT2D eigenvalue weighted by Crippen LogP contribution is -2.00. The van der Waals surface area contributed by atoms with Gasteiger partial charge in [0.05, 0.1) is 13.2 Å². The molecule has 0 atom stereocenters. The Morgan fingerprint density at radius 1 is 0.560 bits per heavy atom. The molecule has 3 aliphatic rings. The van der Waals surface area contributed by atoms with Crippen molar-refractivity contribution in [3.05, 3.63) is 36.4 Å². The number of hydrogen-bond acceptors (Lipinski definition) is 4. The second-order valence-corrected chi connectivity index (χ2v) is 6.67. The fourth-order valence-electron chi connectivity index (χ4n) is 3.22. The predicted octanol–water partition coefficient (Wildman–Crippen LogP) is 5.02. The Bertz CT molecular complexity index is 641. The van der Waals surface area contributed by atoms with E-state index in [0.717, 1.165) is 48.7 Å². The van der Waals surface area contributed by atoms with Gasteiger partial charge in [0.25, 0.3) is 0 Å². The zero-order chi connectivity index (χ0) is 17.5.